The molecular weight excluding hydrogens is 507 g/mol. The van der Waals surface area contributed by atoms with Gasteiger partial charge in [-0.15, -0.1) is 0 Å². The molecule has 6 rings (SSSR count). The van der Waals surface area contributed by atoms with Crippen molar-refractivity contribution in [3.8, 4) is 0 Å². The van der Waals surface area contributed by atoms with Crippen LogP contribution in [0.1, 0.15) is 42.5 Å². The summed E-state index contributed by atoms with van der Waals surface area (Å²) in [5.74, 6) is -5.16. The zero-order valence-corrected chi connectivity index (χ0v) is 20.0. The van der Waals surface area contributed by atoms with E-state index in [0.29, 0.717) is 31.6 Å². The summed E-state index contributed by atoms with van der Waals surface area (Å²) in [6.45, 7) is 0.678. The number of amides is 1. The van der Waals surface area contributed by atoms with Crippen molar-refractivity contribution in [2.75, 3.05) is 11.9 Å². The first-order valence-electron chi connectivity index (χ1n) is 11.4. The molecule has 35 heavy (non-hydrogen) atoms. The summed E-state index contributed by atoms with van der Waals surface area (Å²) < 4.78 is 78.6. The van der Waals surface area contributed by atoms with Crippen LogP contribution in [0.25, 0.3) is 0 Å². The molecule has 3 atom stereocenters. The van der Waals surface area contributed by atoms with Gasteiger partial charge in [-0.1, -0.05) is 11.6 Å². The number of carbonyl (C=O) groups is 1. The average molecular weight is 530 g/mol. The monoisotopic (exact) mass is 529 g/mol. The number of fused-ring (bicyclic) bond motifs is 2. The molecular formula is C24H23ClF3NO5S. The summed E-state index contributed by atoms with van der Waals surface area (Å²) >= 11 is 6.22. The van der Waals surface area contributed by atoms with E-state index in [1.165, 1.54) is 12.1 Å². The maximum Gasteiger partial charge on any atom is 0.255 e. The molecule has 2 aromatic rings. The lowest BCUT2D eigenvalue weighted by atomic mass is 9.62. The summed E-state index contributed by atoms with van der Waals surface area (Å²) in [4.78, 5) is 12.5. The zero-order chi connectivity index (χ0) is 24.9. The largest absolute Gasteiger partial charge is 0.353 e. The van der Waals surface area contributed by atoms with Crippen molar-refractivity contribution in [3.05, 3.63) is 58.4 Å². The Balaban J connectivity index is 1.31. The van der Waals surface area contributed by atoms with E-state index in [-0.39, 0.29) is 45.4 Å². The Bertz CT molecular complexity index is 1230. The summed E-state index contributed by atoms with van der Waals surface area (Å²) in [6.07, 6.45) is 3.34. The first-order valence-corrected chi connectivity index (χ1v) is 13.3. The van der Waals surface area contributed by atoms with Crippen molar-refractivity contribution in [3.63, 3.8) is 0 Å². The Morgan fingerprint density at radius 1 is 1.06 bits per heavy atom. The minimum atomic E-state index is -3.86. The molecule has 11 heteroatoms. The molecule has 1 saturated heterocycles. The smallest absolute Gasteiger partial charge is 0.255 e. The fourth-order valence-corrected chi connectivity index (χ4v) is 7.69. The van der Waals surface area contributed by atoms with E-state index in [1.807, 2.05) is 0 Å². The number of sulfone groups is 1. The zero-order valence-electron chi connectivity index (χ0n) is 18.5. The van der Waals surface area contributed by atoms with Crippen molar-refractivity contribution in [2.24, 2.45) is 11.8 Å². The van der Waals surface area contributed by atoms with Crippen LogP contribution in [0.4, 0.5) is 18.9 Å². The third-order valence-electron chi connectivity index (χ3n) is 7.04. The number of hydrogen-bond donors (Lipinski definition) is 1. The van der Waals surface area contributed by atoms with Crippen LogP contribution in [0, 0.1) is 29.3 Å². The summed E-state index contributed by atoms with van der Waals surface area (Å²) in [6, 6.07) is 5.02. The van der Waals surface area contributed by atoms with E-state index < -0.39 is 38.4 Å². The van der Waals surface area contributed by atoms with Crippen molar-refractivity contribution < 1.29 is 35.9 Å². The second-order valence-corrected chi connectivity index (χ2v) is 11.9. The number of benzene rings is 2. The number of nitrogens with one attached hydrogen (secondary N) is 1. The molecule has 1 aliphatic heterocycles. The molecule has 3 unspecified atom stereocenters. The van der Waals surface area contributed by atoms with Crippen molar-refractivity contribution in [1.82, 2.24) is 0 Å². The fraction of sp³-hybridized carbons (Fsp3) is 0.458. The van der Waals surface area contributed by atoms with E-state index in [2.05, 4.69) is 5.32 Å². The number of hydrogen-bond acceptors (Lipinski definition) is 5. The van der Waals surface area contributed by atoms with Gasteiger partial charge >= 0.3 is 0 Å². The lowest BCUT2D eigenvalue weighted by Crippen LogP contribution is -2.54. The Hall–Kier alpha value is -2.14. The molecule has 1 heterocycles. The van der Waals surface area contributed by atoms with E-state index in [4.69, 9.17) is 21.1 Å². The van der Waals surface area contributed by atoms with Gasteiger partial charge in [-0.25, -0.2) is 21.6 Å². The van der Waals surface area contributed by atoms with E-state index >= 15 is 0 Å². The third-order valence-corrected chi connectivity index (χ3v) is 9.70. The number of ether oxygens (including phenoxy) is 2. The summed E-state index contributed by atoms with van der Waals surface area (Å²) in [5, 5.41) is 1.57. The van der Waals surface area contributed by atoms with Crippen LogP contribution in [0.15, 0.2) is 35.2 Å². The van der Waals surface area contributed by atoms with Gasteiger partial charge < -0.3 is 14.8 Å². The van der Waals surface area contributed by atoms with Gasteiger partial charge in [0.15, 0.2) is 33.6 Å². The molecule has 3 aliphatic carbocycles. The summed E-state index contributed by atoms with van der Waals surface area (Å²) in [7, 11) is -3.86. The Labute approximate surface area is 205 Å². The summed E-state index contributed by atoms with van der Waals surface area (Å²) in [5.41, 5.74) is -0.380. The molecule has 1 amide bonds. The van der Waals surface area contributed by atoms with Gasteiger partial charge in [-0.05, 0) is 55.7 Å². The van der Waals surface area contributed by atoms with Crippen LogP contribution in [-0.2, 0) is 19.3 Å². The highest BCUT2D eigenvalue weighted by Gasteiger charge is 2.52. The third kappa shape index (κ3) is 4.69. The molecule has 0 spiro atoms. The minimum Gasteiger partial charge on any atom is -0.353 e. The first-order chi connectivity index (χ1) is 16.6. The molecule has 3 saturated carbocycles. The van der Waals surface area contributed by atoms with Crippen LogP contribution >= 0.6 is 11.6 Å². The van der Waals surface area contributed by atoms with Gasteiger partial charge in [-0.2, -0.15) is 0 Å². The Kier molecular flexibility index (Phi) is 6.58. The highest BCUT2D eigenvalue weighted by atomic mass is 35.5. The Morgan fingerprint density at radius 3 is 2.37 bits per heavy atom. The predicted octanol–water partition coefficient (Wildman–Crippen LogP) is 5.10. The maximum absolute atomic E-state index is 13.5. The molecule has 2 bridgehead atoms. The molecule has 0 radical (unpaired) electrons. The standard InChI is InChI=1S/C24H23ClF3NO5S/c25-17-4-3-12(24(30)29-15-10-18(26)22(28)19(27)11-15)9-20(17)35(31,32)16-7-13-6-14(8-16)23(13)34-21-2-1-5-33-21/h3-4,9-11,13-14,16,21,23H,1-2,5-8H2,(H,29,30). The van der Waals surface area contributed by atoms with Crippen LogP contribution < -0.4 is 5.32 Å². The molecule has 0 aromatic heterocycles. The number of carbonyl (C=O) groups excluding carboxylic acids is 1. The SMILES string of the molecule is O=C(Nc1cc(F)c(F)c(F)c1)c1ccc(Cl)c(S(=O)(=O)C2CC3CC(C2)C3OC2CCCO2)c1. The van der Waals surface area contributed by atoms with Crippen molar-refractivity contribution in [1.29, 1.82) is 0 Å². The van der Waals surface area contributed by atoms with E-state index in [9.17, 15) is 26.4 Å². The van der Waals surface area contributed by atoms with Gasteiger partial charge in [0, 0.05) is 36.4 Å². The van der Waals surface area contributed by atoms with E-state index in [1.54, 1.807) is 0 Å². The highest BCUT2D eigenvalue weighted by Crippen LogP contribution is 2.51. The topological polar surface area (TPSA) is 81.7 Å². The Morgan fingerprint density at radius 2 is 1.74 bits per heavy atom. The number of rotatable bonds is 6. The quantitative estimate of drug-likeness (QED) is 0.526. The second kappa shape index (κ2) is 9.38. The molecule has 4 fully saturated rings. The van der Waals surface area contributed by atoms with Gasteiger partial charge in [0.2, 0.25) is 0 Å². The fourth-order valence-electron chi connectivity index (χ4n) is 5.26. The minimum absolute atomic E-state index is 0.00589. The van der Waals surface area contributed by atoms with Gasteiger partial charge in [0.1, 0.15) is 0 Å². The predicted molar refractivity (Wildman–Crippen MR) is 121 cm³/mol. The second-order valence-electron chi connectivity index (χ2n) is 9.29. The lowest BCUT2D eigenvalue weighted by molar-refractivity contribution is -0.215. The number of halogens is 4. The molecule has 4 aliphatic rings. The molecule has 1 N–H and O–H groups in total. The van der Waals surface area contributed by atoms with Crippen LogP contribution in [0.2, 0.25) is 5.02 Å². The maximum atomic E-state index is 13.5. The number of anilines is 1. The van der Waals surface area contributed by atoms with Gasteiger partial charge in [0.05, 0.1) is 21.3 Å². The van der Waals surface area contributed by atoms with Crippen LogP contribution in [0.5, 0.6) is 0 Å². The molecule has 2 aromatic carbocycles. The normalized spacial score (nSPS) is 27.9. The lowest BCUT2D eigenvalue weighted by Gasteiger charge is -2.52. The van der Waals surface area contributed by atoms with Crippen LogP contribution in [-0.4, -0.2) is 38.6 Å². The van der Waals surface area contributed by atoms with Crippen molar-refractivity contribution >= 4 is 33.0 Å². The van der Waals surface area contributed by atoms with Crippen molar-refractivity contribution in [2.45, 2.75) is 54.6 Å². The highest BCUT2D eigenvalue weighted by molar-refractivity contribution is 7.92. The molecule has 188 valence electrons. The van der Waals surface area contributed by atoms with Gasteiger partial charge in [0.25, 0.3) is 5.91 Å². The van der Waals surface area contributed by atoms with Crippen LogP contribution in [0.3, 0.4) is 0 Å². The van der Waals surface area contributed by atoms with Gasteiger partial charge in [-0.3, -0.25) is 4.79 Å². The molecule has 6 nitrogen and oxygen atoms in total. The van der Waals surface area contributed by atoms with E-state index in [0.717, 1.165) is 25.3 Å². The first kappa shape index (κ1) is 24.5. The average Bonchev–Trinajstić information content (AvgIpc) is 3.34.